The molecule has 0 aromatic heterocycles. The van der Waals surface area contributed by atoms with Gasteiger partial charge < -0.3 is 24.8 Å². The minimum Gasteiger partial charge on any atom is -1.00 e. The molecule has 25 heavy (non-hydrogen) atoms. The average Bonchev–Trinajstić information content (AvgIpc) is 2.88. The van der Waals surface area contributed by atoms with Crippen LogP contribution in [0.2, 0.25) is 45.0 Å². The van der Waals surface area contributed by atoms with Crippen molar-refractivity contribution < 1.29 is 45.7 Å². The summed E-state index contributed by atoms with van der Waals surface area (Å²) >= 11 is -1.77. The summed E-state index contributed by atoms with van der Waals surface area (Å²) in [5.74, 6) is -0.671. The number of hydrogen-bond acceptors (Lipinski definition) is 0. The Kier molecular flexibility index (Phi) is 9.21. The number of allylic oxidation sites excluding steroid dienone is 8. The summed E-state index contributed by atoms with van der Waals surface area (Å²) in [6.07, 6.45) is 12.7. The summed E-state index contributed by atoms with van der Waals surface area (Å²) in [7, 11) is -1.11. The normalized spacial score (nSPS) is 24.3. The van der Waals surface area contributed by atoms with Crippen LogP contribution in [0.5, 0.6) is 0 Å². The quantitative estimate of drug-likeness (QED) is 0.495. The summed E-state index contributed by atoms with van der Waals surface area (Å²) < 4.78 is 0.903. The zero-order valence-corrected chi connectivity index (χ0v) is 23.6. The molecule has 2 aliphatic carbocycles. The van der Waals surface area contributed by atoms with Crippen LogP contribution in [0.4, 0.5) is 0 Å². The van der Waals surface area contributed by atoms with Gasteiger partial charge in [-0.1, -0.05) is 0 Å². The van der Waals surface area contributed by atoms with Gasteiger partial charge in [0.1, 0.15) is 0 Å². The van der Waals surface area contributed by atoms with Crippen molar-refractivity contribution in [1.82, 2.24) is 0 Å². The van der Waals surface area contributed by atoms with E-state index in [-0.39, 0.29) is 24.8 Å². The predicted octanol–water partition coefficient (Wildman–Crippen LogP) is 0.694. The first-order valence-corrected chi connectivity index (χ1v) is 22.4. The first kappa shape index (κ1) is 25.9. The fourth-order valence-electron chi connectivity index (χ4n) is 5.02. The molecule has 0 aromatic carbocycles. The second-order valence-corrected chi connectivity index (χ2v) is 35.9. The number of rotatable bonds is 5. The predicted molar refractivity (Wildman–Crippen MR) is 109 cm³/mol. The van der Waals surface area contributed by atoms with Crippen molar-refractivity contribution in [3.63, 3.8) is 0 Å². The summed E-state index contributed by atoms with van der Waals surface area (Å²) in [5.41, 5.74) is 4.83. The zero-order chi connectivity index (χ0) is 17.6. The summed E-state index contributed by atoms with van der Waals surface area (Å²) in [6, 6.07) is 1.46. The van der Waals surface area contributed by atoms with Gasteiger partial charge in [-0.15, -0.1) is 0 Å². The second-order valence-electron chi connectivity index (χ2n) is 9.34. The van der Waals surface area contributed by atoms with Crippen molar-refractivity contribution in [3.05, 3.63) is 47.1 Å². The summed E-state index contributed by atoms with van der Waals surface area (Å²) in [6.45, 7) is 22.7. The Morgan fingerprint density at radius 2 is 1.48 bits per heavy atom. The van der Waals surface area contributed by atoms with E-state index in [9.17, 15) is 0 Å². The van der Waals surface area contributed by atoms with E-state index in [0.29, 0.717) is 6.25 Å². The van der Waals surface area contributed by atoms with Gasteiger partial charge in [-0.05, 0) is 0 Å². The molecule has 0 amide bonds. The molecule has 2 aliphatic rings. The molecule has 1 unspecified atom stereocenters. The van der Waals surface area contributed by atoms with Crippen molar-refractivity contribution in [2.75, 3.05) is 0 Å². The van der Waals surface area contributed by atoms with Gasteiger partial charge >= 0.3 is 155 Å². The summed E-state index contributed by atoms with van der Waals surface area (Å²) in [5, 5.41) is 0. The first-order chi connectivity index (χ1) is 10.4. The molecule has 0 saturated carbocycles. The van der Waals surface area contributed by atoms with E-state index in [0.717, 1.165) is 0 Å². The van der Waals surface area contributed by atoms with Crippen LogP contribution in [-0.2, 0) is 20.9 Å². The van der Waals surface area contributed by atoms with E-state index in [4.69, 9.17) is 0 Å². The molecular formula is C20H35Cl2Si2Zr. The van der Waals surface area contributed by atoms with Crippen LogP contribution < -0.4 is 24.8 Å². The third-order valence-electron chi connectivity index (χ3n) is 5.80. The SMILES string of the molecule is CC1=C[C](C)([Zr+2]([SiH](C)C)[C]2(C[Si](C)(C)C)C=CC=C2)C(C)=C1C.[Cl-].[Cl-]. The molecule has 1 atom stereocenters. The van der Waals surface area contributed by atoms with E-state index in [1.807, 2.05) is 0 Å². The maximum Gasteiger partial charge on any atom is -1.00 e. The summed E-state index contributed by atoms with van der Waals surface area (Å²) in [4.78, 5) is 0. The molecule has 0 bridgehead atoms. The number of hydrogen-bond donors (Lipinski definition) is 0. The zero-order valence-electron chi connectivity index (χ0n) is 17.4. The molecule has 141 valence electrons. The topological polar surface area (TPSA) is 0 Å². The Balaban J connectivity index is 0.00000288. The average molecular weight is 494 g/mol. The fraction of sp³-hybridized carbons (Fsp3) is 0.600. The Hall–Kier alpha value is 0.857. The van der Waals surface area contributed by atoms with E-state index in [1.165, 1.54) is 6.04 Å². The standard InChI is InChI=1S/C9H15Si.C9H13.C2H7Si.2ClH.Zr/c1-10(2,3)8-9-6-4-5-7-9;1-6-5-7(2)9(4)8(6)3;1-3-2;;;/h4-7H,8H2,1-3H3;5H,1-4H3;3H,1-2H3;2*1H;/q;;;;;+2/p-2. The van der Waals surface area contributed by atoms with Gasteiger partial charge in [-0.25, -0.2) is 0 Å². The van der Waals surface area contributed by atoms with E-state index >= 15 is 0 Å². The van der Waals surface area contributed by atoms with Gasteiger partial charge in [0, 0.05) is 0 Å². The molecule has 0 aliphatic heterocycles. The third-order valence-corrected chi connectivity index (χ3v) is 32.5. The molecule has 0 spiro atoms. The van der Waals surface area contributed by atoms with Crippen molar-refractivity contribution in [2.24, 2.45) is 0 Å². The van der Waals surface area contributed by atoms with Gasteiger partial charge in [0.15, 0.2) is 0 Å². The molecule has 5 heteroatoms. The Labute approximate surface area is 178 Å². The molecule has 0 nitrogen and oxygen atoms in total. The Morgan fingerprint density at radius 1 is 1.00 bits per heavy atom. The Bertz CT molecular complexity index is 600. The van der Waals surface area contributed by atoms with E-state index < -0.39 is 34.9 Å². The van der Waals surface area contributed by atoms with Crippen molar-refractivity contribution in [1.29, 1.82) is 0 Å². The van der Waals surface area contributed by atoms with Gasteiger partial charge in [0.05, 0.1) is 0 Å². The molecule has 0 heterocycles. The third kappa shape index (κ3) is 5.02. The van der Waals surface area contributed by atoms with Crippen LogP contribution in [0.25, 0.3) is 0 Å². The van der Waals surface area contributed by atoms with Crippen LogP contribution in [0, 0.1) is 0 Å². The molecule has 0 aromatic rings. The molecular weight excluding hydrogens is 459 g/mol. The van der Waals surface area contributed by atoms with Crippen LogP contribution in [0.1, 0.15) is 27.7 Å². The molecule has 0 radical (unpaired) electrons. The minimum atomic E-state index is -1.77. The van der Waals surface area contributed by atoms with E-state index in [1.54, 1.807) is 16.7 Å². The fourth-order valence-corrected chi connectivity index (χ4v) is 42.4. The monoisotopic (exact) mass is 491 g/mol. The molecule has 0 fully saturated rings. The largest absolute Gasteiger partial charge is 1.00 e. The number of halogens is 2. The van der Waals surface area contributed by atoms with Gasteiger partial charge in [-0.2, -0.15) is 0 Å². The van der Waals surface area contributed by atoms with Gasteiger partial charge in [-0.3, -0.25) is 0 Å². The van der Waals surface area contributed by atoms with Crippen LogP contribution in [-0.4, -0.2) is 14.0 Å². The van der Waals surface area contributed by atoms with Crippen LogP contribution >= 0.6 is 0 Å². The molecule has 0 N–H and O–H groups in total. The first-order valence-electron chi connectivity index (χ1n) is 9.06. The van der Waals surface area contributed by atoms with Crippen molar-refractivity contribution >= 4 is 14.0 Å². The molecule has 0 saturated heterocycles. The van der Waals surface area contributed by atoms with Gasteiger partial charge in [0.2, 0.25) is 0 Å². The Morgan fingerprint density at radius 3 is 1.80 bits per heavy atom. The van der Waals surface area contributed by atoms with E-state index in [2.05, 4.69) is 90.8 Å². The maximum absolute atomic E-state index is 2.69. The second kappa shape index (κ2) is 8.91. The molecule has 2 rings (SSSR count). The smallest absolute Gasteiger partial charge is 1.00 e. The van der Waals surface area contributed by atoms with Crippen LogP contribution in [0.15, 0.2) is 47.1 Å². The van der Waals surface area contributed by atoms with Gasteiger partial charge in [0.25, 0.3) is 0 Å². The van der Waals surface area contributed by atoms with Crippen LogP contribution in [0.3, 0.4) is 0 Å². The van der Waals surface area contributed by atoms with Crippen molar-refractivity contribution in [2.45, 2.75) is 72.7 Å². The van der Waals surface area contributed by atoms with Crippen molar-refractivity contribution in [3.8, 4) is 0 Å². The minimum absolute atomic E-state index is 0. The maximum atomic E-state index is 2.69.